The number of hydrogen-bond acceptors (Lipinski definition) is 6. The van der Waals surface area contributed by atoms with Crippen molar-refractivity contribution in [3.63, 3.8) is 0 Å². The Morgan fingerprint density at radius 1 is 1.25 bits per heavy atom. The van der Waals surface area contributed by atoms with Crippen molar-refractivity contribution in [2.75, 3.05) is 44.9 Å². The molecule has 4 amide bonds. The molecule has 1 aromatic carbocycles. The van der Waals surface area contributed by atoms with E-state index in [9.17, 15) is 22.8 Å². The molecule has 28 heavy (non-hydrogen) atoms. The minimum Gasteiger partial charge on any atom is -0.383 e. The number of sulfone groups is 1. The Balaban J connectivity index is 1.58. The zero-order valence-electron chi connectivity index (χ0n) is 15.6. The van der Waals surface area contributed by atoms with Gasteiger partial charge in [-0.25, -0.2) is 13.2 Å². The van der Waals surface area contributed by atoms with Crippen LogP contribution in [0.15, 0.2) is 24.3 Å². The van der Waals surface area contributed by atoms with Crippen molar-refractivity contribution in [2.24, 2.45) is 0 Å². The third kappa shape index (κ3) is 4.17. The van der Waals surface area contributed by atoms with Crippen molar-refractivity contribution in [1.82, 2.24) is 15.1 Å². The molecule has 1 saturated heterocycles. The van der Waals surface area contributed by atoms with E-state index in [-0.39, 0.29) is 49.6 Å². The molecule has 0 spiro atoms. The first kappa shape index (κ1) is 20.3. The summed E-state index contributed by atoms with van der Waals surface area (Å²) >= 11 is 0. The van der Waals surface area contributed by atoms with Gasteiger partial charge in [-0.3, -0.25) is 14.5 Å². The molecule has 9 nitrogen and oxygen atoms in total. The van der Waals surface area contributed by atoms with Crippen LogP contribution in [0.4, 0.5) is 4.79 Å². The second kappa shape index (κ2) is 8.27. The van der Waals surface area contributed by atoms with Crippen molar-refractivity contribution in [1.29, 1.82) is 0 Å². The van der Waals surface area contributed by atoms with E-state index in [1.807, 2.05) is 0 Å². The van der Waals surface area contributed by atoms with Crippen LogP contribution in [-0.2, 0) is 14.6 Å². The largest absolute Gasteiger partial charge is 0.383 e. The average Bonchev–Trinajstić information content (AvgIpc) is 3.14. The number of hydrogen-bond donors (Lipinski definition) is 1. The van der Waals surface area contributed by atoms with Gasteiger partial charge in [-0.2, -0.15) is 0 Å². The Morgan fingerprint density at radius 3 is 2.43 bits per heavy atom. The molecule has 10 heteroatoms. The average molecular weight is 409 g/mol. The highest BCUT2D eigenvalue weighted by Crippen LogP contribution is 2.22. The number of imide groups is 1. The van der Waals surface area contributed by atoms with Gasteiger partial charge >= 0.3 is 6.03 Å². The van der Waals surface area contributed by atoms with Crippen LogP contribution in [0.1, 0.15) is 27.1 Å². The quantitative estimate of drug-likeness (QED) is 0.641. The molecule has 0 aliphatic carbocycles. The van der Waals surface area contributed by atoms with Gasteiger partial charge in [-0.1, -0.05) is 12.1 Å². The lowest BCUT2D eigenvalue weighted by Crippen LogP contribution is -2.49. The zero-order valence-corrected chi connectivity index (χ0v) is 16.4. The van der Waals surface area contributed by atoms with Gasteiger partial charge < -0.3 is 15.0 Å². The summed E-state index contributed by atoms with van der Waals surface area (Å²) in [7, 11) is -1.63. The van der Waals surface area contributed by atoms with Gasteiger partial charge in [0.2, 0.25) is 0 Å². The maximum atomic E-state index is 12.6. The number of fused-ring (bicyclic) bond motifs is 1. The zero-order chi connectivity index (χ0) is 20.3. The topological polar surface area (TPSA) is 113 Å². The highest BCUT2D eigenvalue weighted by atomic mass is 32.2. The van der Waals surface area contributed by atoms with E-state index in [1.165, 1.54) is 12.0 Å². The number of carbonyl (C=O) groups excluding carboxylic acids is 3. The standard InChI is InChI=1S/C18H23N3O6S/c1-27-10-9-20(13-6-11-28(25,26)12-13)18(24)19-7-8-21-16(22)14-4-2-3-5-15(14)17(21)23/h2-5,13H,6-12H2,1H3,(H,19,24). The summed E-state index contributed by atoms with van der Waals surface area (Å²) in [6.07, 6.45) is 0.387. The second-order valence-electron chi connectivity index (χ2n) is 6.78. The van der Waals surface area contributed by atoms with Crippen LogP contribution in [0.3, 0.4) is 0 Å². The smallest absolute Gasteiger partial charge is 0.317 e. The fourth-order valence-corrected chi connectivity index (χ4v) is 5.21. The number of rotatable bonds is 7. The monoisotopic (exact) mass is 409 g/mol. The first-order valence-corrected chi connectivity index (χ1v) is 10.9. The Bertz CT molecular complexity index is 850. The van der Waals surface area contributed by atoms with E-state index in [1.54, 1.807) is 24.3 Å². The van der Waals surface area contributed by atoms with Crippen molar-refractivity contribution in [3.8, 4) is 0 Å². The molecular formula is C18H23N3O6S. The first-order chi connectivity index (χ1) is 13.3. The molecule has 2 aliphatic rings. The van der Waals surface area contributed by atoms with Crippen molar-refractivity contribution < 1.29 is 27.5 Å². The summed E-state index contributed by atoms with van der Waals surface area (Å²) in [5.41, 5.74) is 0.716. The molecule has 1 N–H and O–H groups in total. The molecule has 0 bridgehead atoms. The molecule has 0 aromatic heterocycles. The number of benzene rings is 1. The van der Waals surface area contributed by atoms with E-state index >= 15 is 0 Å². The highest BCUT2D eigenvalue weighted by Gasteiger charge is 2.36. The molecule has 3 rings (SSSR count). The number of carbonyl (C=O) groups is 3. The first-order valence-electron chi connectivity index (χ1n) is 9.03. The van der Waals surface area contributed by atoms with Crippen molar-refractivity contribution in [2.45, 2.75) is 12.5 Å². The lowest BCUT2D eigenvalue weighted by molar-refractivity contribution is 0.0654. The Kier molecular flexibility index (Phi) is 5.99. The summed E-state index contributed by atoms with van der Waals surface area (Å²) < 4.78 is 28.5. The van der Waals surface area contributed by atoms with Gasteiger partial charge in [-0.05, 0) is 18.6 Å². The highest BCUT2D eigenvalue weighted by molar-refractivity contribution is 7.91. The van der Waals surface area contributed by atoms with Crippen molar-refractivity contribution in [3.05, 3.63) is 35.4 Å². The van der Waals surface area contributed by atoms with Crippen LogP contribution in [0, 0.1) is 0 Å². The number of ether oxygens (including phenoxy) is 1. The van der Waals surface area contributed by atoms with Crippen molar-refractivity contribution >= 4 is 27.7 Å². The van der Waals surface area contributed by atoms with E-state index in [2.05, 4.69) is 5.32 Å². The summed E-state index contributed by atoms with van der Waals surface area (Å²) in [5.74, 6) is -0.771. The van der Waals surface area contributed by atoms with Crippen LogP contribution >= 0.6 is 0 Å². The molecule has 0 saturated carbocycles. The SMILES string of the molecule is COCCN(C(=O)NCCN1C(=O)c2ccccc2C1=O)C1CCS(=O)(=O)C1. The molecule has 1 atom stereocenters. The van der Waals surface area contributed by atoms with Gasteiger partial charge in [-0.15, -0.1) is 0 Å². The van der Waals surface area contributed by atoms with E-state index in [4.69, 9.17) is 4.74 Å². The number of amides is 4. The number of urea groups is 1. The van der Waals surface area contributed by atoms with Crippen LogP contribution in [-0.4, -0.2) is 87.0 Å². The molecule has 0 radical (unpaired) electrons. The molecule has 1 aromatic rings. The summed E-state index contributed by atoms with van der Waals surface area (Å²) in [6.45, 7) is 0.657. The van der Waals surface area contributed by atoms with Gasteiger partial charge in [0.05, 0.1) is 29.2 Å². The fraction of sp³-hybridized carbons (Fsp3) is 0.500. The molecule has 152 valence electrons. The number of nitrogens with zero attached hydrogens (tertiary/aromatic N) is 2. The Labute approximate surface area is 163 Å². The molecular weight excluding hydrogens is 386 g/mol. The third-order valence-electron chi connectivity index (χ3n) is 4.94. The minimum atomic E-state index is -3.14. The maximum absolute atomic E-state index is 12.6. The van der Waals surface area contributed by atoms with Gasteiger partial charge in [0, 0.05) is 32.8 Å². The molecule has 2 heterocycles. The number of nitrogens with one attached hydrogen (secondary N) is 1. The van der Waals surface area contributed by atoms with E-state index in [0.29, 0.717) is 17.5 Å². The van der Waals surface area contributed by atoms with Gasteiger partial charge in [0.25, 0.3) is 11.8 Å². The van der Waals surface area contributed by atoms with Gasteiger partial charge in [0.1, 0.15) is 0 Å². The van der Waals surface area contributed by atoms with Crippen LogP contribution in [0.2, 0.25) is 0 Å². The normalized spacial score (nSPS) is 20.3. The predicted molar refractivity (Wildman–Crippen MR) is 101 cm³/mol. The summed E-state index contributed by atoms with van der Waals surface area (Å²) in [4.78, 5) is 39.8. The second-order valence-corrected chi connectivity index (χ2v) is 9.01. The van der Waals surface area contributed by atoms with Gasteiger partial charge in [0.15, 0.2) is 9.84 Å². The van der Waals surface area contributed by atoms with Crippen LogP contribution < -0.4 is 5.32 Å². The van der Waals surface area contributed by atoms with Crippen LogP contribution in [0.5, 0.6) is 0 Å². The molecule has 1 fully saturated rings. The Hall–Kier alpha value is -2.46. The number of methoxy groups -OCH3 is 1. The lowest BCUT2D eigenvalue weighted by Gasteiger charge is -2.28. The summed E-state index contributed by atoms with van der Waals surface area (Å²) in [5, 5.41) is 2.68. The maximum Gasteiger partial charge on any atom is 0.317 e. The lowest BCUT2D eigenvalue weighted by atomic mass is 10.1. The van der Waals surface area contributed by atoms with E-state index in [0.717, 1.165) is 4.90 Å². The van der Waals surface area contributed by atoms with E-state index < -0.39 is 21.9 Å². The fourth-order valence-electron chi connectivity index (χ4n) is 3.48. The molecule has 1 unspecified atom stereocenters. The van der Waals surface area contributed by atoms with Crippen LogP contribution in [0.25, 0.3) is 0 Å². The molecule has 2 aliphatic heterocycles. The predicted octanol–water partition coefficient (Wildman–Crippen LogP) is 0.128. The summed E-state index contributed by atoms with van der Waals surface area (Å²) in [6, 6.07) is 5.75. The third-order valence-corrected chi connectivity index (χ3v) is 6.69. The minimum absolute atomic E-state index is 0.0408. The Morgan fingerprint density at radius 2 is 1.89 bits per heavy atom.